The maximum Gasteiger partial charge on any atom is 0.196 e. The fourth-order valence-electron chi connectivity index (χ4n) is 1.97. The van der Waals surface area contributed by atoms with Crippen molar-refractivity contribution in [2.75, 3.05) is 37.9 Å². The van der Waals surface area contributed by atoms with Gasteiger partial charge in [-0.2, -0.15) is 0 Å². The monoisotopic (exact) mass is 369 g/mol. The molecule has 2 rings (SSSR count). The van der Waals surface area contributed by atoms with Crippen LogP contribution in [-0.4, -0.2) is 43.4 Å². The second-order valence-electron chi connectivity index (χ2n) is 4.64. The third-order valence-corrected chi connectivity index (χ3v) is 3.70. The van der Waals surface area contributed by atoms with E-state index in [1.807, 2.05) is 19.2 Å². The molecule has 0 saturated heterocycles. The van der Waals surface area contributed by atoms with Crippen LogP contribution in [0.15, 0.2) is 17.1 Å². The second kappa shape index (κ2) is 8.91. The molecule has 0 amide bonds. The molecule has 1 heterocycles. The predicted octanol–water partition coefficient (Wildman–Crippen LogP) is 0.0391. The molecule has 0 unspecified atom stereocenters. The van der Waals surface area contributed by atoms with Gasteiger partial charge in [-0.1, -0.05) is 23.2 Å². The highest BCUT2D eigenvalue weighted by molar-refractivity contribution is 6.40. The first kappa shape index (κ1) is 18.7. The van der Waals surface area contributed by atoms with Gasteiger partial charge in [0, 0.05) is 25.5 Å². The van der Waals surface area contributed by atoms with Crippen molar-refractivity contribution in [3.05, 3.63) is 27.7 Å². The summed E-state index contributed by atoms with van der Waals surface area (Å²) in [4.78, 5) is 6.38. The van der Waals surface area contributed by atoms with Crippen molar-refractivity contribution in [3.8, 4) is 0 Å². The number of guanidine groups is 1. The fourth-order valence-corrected chi connectivity index (χ4v) is 2.89. The van der Waals surface area contributed by atoms with Crippen LogP contribution in [0.2, 0.25) is 10.0 Å². The van der Waals surface area contributed by atoms with Crippen LogP contribution in [0.3, 0.4) is 0 Å². The number of rotatable bonds is 5. The van der Waals surface area contributed by atoms with Crippen molar-refractivity contribution in [1.82, 2.24) is 10.2 Å². The molecule has 0 bridgehead atoms. The van der Waals surface area contributed by atoms with Gasteiger partial charge in [-0.3, -0.25) is 4.99 Å². The van der Waals surface area contributed by atoms with Gasteiger partial charge in [-0.25, -0.2) is 0 Å². The fraction of sp³-hybridized carbons (Fsp3) is 0.462. The van der Waals surface area contributed by atoms with Crippen LogP contribution in [-0.2, 0) is 6.54 Å². The van der Waals surface area contributed by atoms with Gasteiger partial charge in [-0.05, 0) is 24.7 Å². The van der Waals surface area contributed by atoms with E-state index in [0.717, 1.165) is 31.7 Å². The summed E-state index contributed by atoms with van der Waals surface area (Å²) in [5.74, 6) is 1.31. The molecular formula is C13H17Cl4N4-. The molecular weight excluding hydrogens is 354 g/mol. The van der Waals surface area contributed by atoms with E-state index < -0.39 is 0 Å². The minimum Gasteiger partial charge on any atom is -1.00 e. The number of halogens is 4. The van der Waals surface area contributed by atoms with Crippen LogP contribution in [0.1, 0.15) is 5.56 Å². The van der Waals surface area contributed by atoms with Crippen LogP contribution in [0, 0.1) is 0 Å². The Morgan fingerprint density at radius 3 is 2.52 bits per heavy atom. The molecule has 1 aliphatic rings. The minimum atomic E-state index is 0. The van der Waals surface area contributed by atoms with Gasteiger partial charge in [0.25, 0.3) is 0 Å². The van der Waals surface area contributed by atoms with E-state index in [1.54, 1.807) is 0 Å². The number of nitrogens with one attached hydrogen (secondary N) is 2. The highest BCUT2D eigenvalue weighted by Crippen LogP contribution is 2.32. The SMILES string of the molecule is CN(CCCl)Cc1cc(Cl)c(NC2=NCCN2)c(Cl)c1.[Cl-]. The van der Waals surface area contributed by atoms with Gasteiger partial charge >= 0.3 is 0 Å². The summed E-state index contributed by atoms with van der Waals surface area (Å²) in [7, 11) is 2.01. The predicted molar refractivity (Wildman–Crippen MR) is 87.4 cm³/mol. The maximum absolute atomic E-state index is 6.30. The number of hydrogen-bond acceptors (Lipinski definition) is 4. The summed E-state index contributed by atoms with van der Waals surface area (Å²) < 4.78 is 0. The molecule has 1 aromatic rings. The van der Waals surface area contributed by atoms with E-state index in [2.05, 4.69) is 20.5 Å². The van der Waals surface area contributed by atoms with E-state index in [-0.39, 0.29) is 12.4 Å². The van der Waals surface area contributed by atoms with Gasteiger partial charge < -0.3 is 27.9 Å². The van der Waals surface area contributed by atoms with Crippen molar-refractivity contribution >= 4 is 46.4 Å². The lowest BCUT2D eigenvalue weighted by molar-refractivity contribution is -0.00000399. The van der Waals surface area contributed by atoms with Gasteiger partial charge in [0.15, 0.2) is 5.96 Å². The zero-order valence-corrected chi connectivity index (χ0v) is 14.6. The minimum absolute atomic E-state index is 0. The molecule has 0 fully saturated rings. The molecule has 0 saturated carbocycles. The molecule has 118 valence electrons. The van der Waals surface area contributed by atoms with E-state index in [0.29, 0.717) is 27.6 Å². The first-order valence-corrected chi connectivity index (χ1v) is 7.67. The molecule has 1 aliphatic heterocycles. The summed E-state index contributed by atoms with van der Waals surface area (Å²) in [6.07, 6.45) is 0. The van der Waals surface area contributed by atoms with Crippen LogP contribution < -0.4 is 23.0 Å². The molecule has 1 aromatic carbocycles. The molecule has 8 heteroatoms. The molecule has 0 aliphatic carbocycles. The Morgan fingerprint density at radius 2 is 2.00 bits per heavy atom. The van der Waals surface area contributed by atoms with Crippen LogP contribution in [0.5, 0.6) is 0 Å². The number of nitrogens with zero attached hydrogens (tertiary/aromatic N) is 2. The Kier molecular flexibility index (Phi) is 7.92. The highest BCUT2D eigenvalue weighted by Gasteiger charge is 2.13. The molecule has 2 N–H and O–H groups in total. The standard InChI is InChI=1S/C13H17Cl3N4.ClH/c1-20(5-2-14)8-9-6-10(15)12(11(16)7-9)19-13-17-3-4-18-13;/h6-7H,2-5,8H2,1H3,(H2,17,18,19);1H/p-1. The molecule has 4 nitrogen and oxygen atoms in total. The summed E-state index contributed by atoms with van der Waals surface area (Å²) in [6.45, 7) is 3.17. The average Bonchev–Trinajstić information content (AvgIpc) is 2.87. The third kappa shape index (κ3) is 5.38. The Morgan fingerprint density at radius 1 is 1.33 bits per heavy atom. The van der Waals surface area contributed by atoms with Gasteiger partial charge in [0.05, 0.1) is 22.3 Å². The Labute approximate surface area is 146 Å². The largest absolute Gasteiger partial charge is 1.00 e. The maximum atomic E-state index is 6.30. The van der Waals surface area contributed by atoms with Crippen LogP contribution >= 0.6 is 34.8 Å². The van der Waals surface area contributed by atoms with Crippen molar-refractivity contribution in [1.29, 1.82) is 0 Å². The Bertz CT molecular complexity index is 484. The Hall–Kier alpha value is -0.390. The number of aliphatic imine (C=N–C) groups is 1. The summed E-state index contributed by atoms with van der Waals surface area (Å²) in [5.41, 5.74) is 1.74. The first-order chi connectivity index (χ1) is 9.60. The van der Waals surface area contributed by atoms with Crippen molar-refractivity contribution < 1.29 is 12.4 Å². The zero-order valence-electron chi connectivity index (χ0n) is 11.6. The summed E-state index contributed by atoms with van der Waals surface area (Å²) >= 11 is 18.3. The van der Waals surface area contributed by atoms with E-state index in [4.69, 9.17) is 34.8 Å². The molecule has 0 aromatic heterocycles. The van der Waals surface area contributed by atoms with Crippen LogP contribution in [0.25, 0.3) is 0 Å². The molecule has 21 heavy (non-hydrogen) atoms. The summed E-state index contributed by atoms with van der Waals surface area (Å²) in [5, 5.41) is 7.42. The summed E-state index contributed by atoms with van der Waals surface area (Å²) in [6, 6.07) is 3.83. The van der Waals surface area contributed by atoms with Gasteiger partial charge in [0.1, 0.15) is 0 Å². The van der Waals surface area contributed by atoms with E-state index in [9.17, 15) is 0 Å². The topological polar surface area (TPSA) is 39.7 Å². The number of benzene rings is 1. The Balaban J connectivity index is 0.00000220. The molecule has 0 spiro atoms. The zero-order chi connectivity index (χ0) is 14.5. The third-order valence-electron chi connectivity index (χ3n) is 2.94. The van der Waals surface area contributed by atoms with Crippen LogP contribution in [0.4, 0.5) is 5.69 Å². The first-order valence-electron chi connectivity index (χ1n) is 6.38. The van der Waals surface area contributed by atoms with Gasteiger partial charge in [0.2, 0.25) is 0 Å². The number of anilines is 1. The lowest BCUT2D eigenvalue weighted by Gasteiger charge is -2.17. The second-order valence-corrected chi connectivity index (χ2v) is 5.84. The number of alkyl halides is 1. The smallest absolute Gasteiger partial charge is 0.196 e. The lowest BCUT2D eigenvalue weighted by Crippen LogP contribution is -3.00. The van der Waals surface area contributed by atoms with Crippen molar-refractivity contribution in [2.45, 2.75) is 6.54 Å². The van der Waals surface area contributed by atoms with Gasteiger partial charge in [-0.15, -0.1) is 11.6 Å². The lowest BCUT2D eigenvalue weighted by atomic mass is 10.2. The highest BCUT2D eigenvalue weighted by atomic mass is 35.5. The number of hydrogen-bond donors (Lipinski definition) is 2. The van der Waals surface area contributed by atoms with Crippen molar-refractivity contribution in [3.63, 3.8) is 0 Å². The van der Waals surface area contributed by atoms with E-state index in [1.165, 1.54) is 0 Å². The quantitative estimate of drug-likeness (QED) is 0.719. The average molecular weight is 371 g/mol. The molecule has 0 atom stereocenters. The van der Waals surface area contributed by atoms with E-state index >= 15 is 0 Å². The molecule has 0 radical (unpaired) electrons. The normalized spacial score (nSPS) is 13.7. The van der Waals surface area contributed by atoms with Crippen molar-refractivity contribution in [2.24, 2.45) is 4.99 Å².